The summed E-state index contributed by atoms with van der Waals surface area (Å²) in [6.07, 6.45) is 0.735. The minimum atomic E-state index is -0.0493. The molecule has 4 nitrogen and oxygen atoms in total. The second-order valence-electron chi connectivity index (χ2n) is 4.67. The average molecular weight is 258 g/mol. The molecule has 0 fully saturated rings. The number of hydrogen-bond donors (Lipinski definition) is 1. The van der Waals surface area contributed by atoms with Crippen LogP contribution in [0.5, 0.6) is 0 Å². The Labute approximate surface area is 112 Å². The third-order valence-corrected chi connectivity index (χ3v) is 3.16. The van der Waals surface area contributed by atoms with Crippen LogP contribution in [-0.2, 0) is 6.42 Å². The molecule has 1 N–H and O–H groups in total. The number of nitrogens with zero attached hydrogens (tertiary/aromatic N) is 1. The van der Waals surface area contributed by atoms with Crippen molar-refractivity contribution in [3.8, 4) is 0 Å². The SMILES string of the molecule is Cc1ccc(C(=O)NCCc2c(C)noc2C)cc1. The van der Waals surface area contributed by atoms with Gasteiger partial charge in [-0.15, -0.1) is 0 Å². The summed E-state index contributed by atoms with van der Waals surface area (Å²) in [6.45, 7) is 6.37. The summed E-state index contributed by atoms with van der Waals surface area (Å²) in [5, 5.41) is 6.80. The van der Waals surface area contributed by atoms with Crippen molar-refractivity contribution < 1.29 is 9.32 Å². The zero-order chi connectivity index (χ0) is 13.8. The van der Waals surface area contributed by atoms with Gasteiger partial charge >= 0.3 is 0 Å². The molecule has 1 aromatic heterocycles. The standard InChI is InChI=1S/C15H18N2O2/c1-10-4-6-13(7-5-10)15(18)16-9-8-14-11(2)17-19-12(14)3/h4-7H,8-9H2,1-3H3,(H,16,18). The molecule has 0 atom stereocenters. The van der Waals surface area contributed by atoms with Gasteiger partial charge in [-0.05, 0) is 39.3 Å². The highest BCUT2D eigenvalue weighted by Crippen LogP contribution is 2.12. The van der Waals surface area contributed by atoms with Gasteiger partial charge in [0.2, 0.25) is 0 Å². The predicted octanol–water partition coefficient (Wildman–Crippen LogP) is 2.57. The van der Waals surface area contributed by atoms with E-state index in [9.17, 15) is 4.79 Å². The fraction of sp³-hybridized carbons (Fsp3) is 0.333. The number of amides is 1. The van der Waals surface area contributed by atoms with Gasteiger partial charge in [-0.1, -0.05) is 22.9 Å². The second-order valence-corrected chi connectivity index (χ2v) is 4.67. The minimum absolute atomic E-state index is 0.0493. The molecule has 0 saturated heterocycles. The Morgan fingerprint density at radius 1 is 1.21 bits per heavy atom. The molecule has 1 amide bonds. The summed E-state index contributed by atoms with van der Waals surface area (Å²) in [6, 6.07) is 7.54. The summed E-state index contributed by atoms with van der Waals surface area (Å²) in [5.41, 5.74) is 3.79. The topological polar surface area (TPSA) is 55.1 Å². The monoisotopic (exact) mass is 258 g/mol. The molecule has 0 aliphatic carbocycles. The van der Waals surface area contributed by atoms with Gasteiger partial charge in [0, 0.05) is 17.7 Å². The number of carbonyl (C=O) groups excluding carboxylic acids is 1. The van der Waals surface area contributed by atoms with Crippen molar-refractivity contribution in [1.82, 2.24) is 10.5 Å². The number of hydrogen-bond acceptors (Lipinski definition) is 3. The van der Waals surface area contributed by atoms with E-state index in [0.717, 1.165) is 29.0 Å². The fourth-order valence-corrected chi connectivity index (χ4v) is 1.97. The Hall–Kier alpha value is -2.10. The molecule has 0 bridgehead atoms. The third-order valence-electron chi connectivity index (χ3n) is 3.16. The zero-order valence-electron chi connectivity index (χ0n) is 11.5. The van der Waals surface area contributed by atoms with Crippen LogP contribution in [0.2, 0.25) is 0 Å². The number of carbonyl (C=O) groups is 1. The van der Waals surface area contributed by atoms with Crippen LogP contribution in [-0.4, -0.2) is 17.6 Å². The van der Waals surface area contributed by atoms with Gasteiger partial charge in [-0.2, -0.15) is 0 Å². The molecule has 0 saturated carbocycles. The van der Waals surface area contributed by atoms with Crippen LogP contribution in [0.1, 0.15) is 32.9 Å². The van der Waals surface area contributed by atoms with Crippen LogP contribution in [0.15, 0.2) is 28.8 Å². The van der Waals surface area contributed by atoms with Gasteiger partial charge in [0.15, 0.2) is 0 Å². The van der Waals surface area contributed by atoms with Crippen molar-refractivity contribution >= 4 is 5.91 Å². The van der Waals surface area contributed by atoms with E-state index < -0.39 is 0 Å². The van der Waals surface area contributed by atoms with Gasteiger partial charge in [-0.25, -0.2) is 0 Å². The Balaban J connectivity index is 1.89. The number of nitrogens with one attached hydrogen (secondary N) is 1. The number of aryl methyl sites for hydroxylation is 3. The Kier molecular flexibility index (Phi) is 4.00. The highest BCUT2D eigenvalue weighted by Gasteiger charge is 2.09. The molecule has 19 heavy (non-hydrogen) atoms. The van der Waals surface area contributed by atoms with Crippen molar-refractivity contribution in [3.63, 3.8) is 0 Å². The van der Waals surface area contributed by atoms with Gasteiger partial charge in [0.1, 0.15) is 5.76 Å². The first-order valence-corrected chi connectivity index (χ1v) is 6.34. The quantitative estimate of drug-likeness (QED) is 0.917. The lowest BCUT2D eigenvalue weighted by atomic mass is 10.1. The first-order chi connectivity index (χ1) is 9.08. The van der Waals surface area contributed by atoms with E-state index in [0.29, 0.717) is 12.1 Å². The van der Waals surface area contributed by atoms with Crippen molar-refractivity contribution in [1.29, 1.82) is 0 Å². The normalized spacial score (nSPS) is 10.5. The summed E-state index contributed by atoms with van der Waals surface area (Å²) < 4.78 is 5.09. The van der Waals surface area contributed by atoms with E-state index in [2.05, 4.69) is 10.5 Å². The first-order valence-electron chi connectivity index (χ1n) is 6.34. The van der Waals surface area contributed by atoms with E-state index in [1.807, 2.05) is 45.0 Å². The average Bonchev–Trinajstić information content (AvgIpc) is 2.71. The lowest BCUT2D eigenvalue weighted by Crippen LogP contribution is -2.25. The van der Waals surface area contributed by atoms with Gasteiger partial charge in [0.05, 0.1) is 5.69 Å². The molecular formula is C15H18N2O2. The minimum Gasteiger partial charge on any atom is -0.361 e. The van der Waals surface area contributed by atoms with Crippen molar-refractivity contribution in [2.45, 2.75) is 27.2 Å². The van der Waals surface area contributed by atoms with Crippen molar-refractivity contribution in [3.05, 3.63) is 52.4 Å². The summed E-state index contributed by atoms with van der Waals surface area (Å²) >= 11 is 0. The second kappa shape index (κ2) is 5.69. The van der Waals surface area contributed by atoms with Crippen LogP contribution in [0.4, 0.5) is 0 Å². The Morgan fingerprint density at radius 3 is 2.47 bits per heavy atom. The summed E-state index contributed by atoms with van der Waals surface area (Å²) in [4.78, 5) is 11.9. The smallest absolute Gasteiger partial charge is 0.251 e. The number of aromatic nitrogens is 1. The predicted molar refractivity (Wildman–Crippen MR) is 73.2 cm³/mol. The van der Waals surface area contributed by atoms with E-state index in [1.165, 1.54) is 0 Å². The molecule has 2 aromatic rings. The zero-order valence-corrected chi connectivity index (χ0v) is 11.5. The molecule has 100 valence electrons. The Morgan fingerprint density at radius 2 is 1.89 bits per heavy atom. The van der Waals surface area contributed by atoms with Crippen LogP contribution in [0.25, 0.3) is 0 Å². The van der Waals surface area contributed by atoms with Crippen LogP contribution in [0, 0.1) is 20.8 Å². The molecule has 0 aliphatic rings. The lowest BCUT2D eigenvalue weighted by Gasteiger charge is -2.05. The number of rotatable bonds is 4. The first kappa shape index (κ1) is 13.3. The summed E-state index contributed by atoms with van der Waals surface area (Å²) in [7, 11) is 0. The maximum Gasteiger partial charge on any atom is 0.251 e. The van der Waals surface area contributed by atoms with Crippen molar-refractivity contribution in [2.75, 3.05) is 6.54 Å². The lowest BCUT2D eigenvalue weighted by molar-refractivity contribution is 0.0954. The van der Waals surface area contributed by atoms with Crippen LogP contribution >= 0.6 is 0 Å². The highest BCUT2D eigenvalue weighted by molar-refractivity contribution is 5.94. The van der Waals surface area contributed by atoms with E-state index >= 15 is 0 Å². The van der Waals surface area contributed by atoms with E-state index in [1.54, 1.807) is 0 Å². The maximum absolute atomic E-state index is 11.9. The van der Waals surface area contributed by atoms with Gasteiger partial charge < -0.3 is 9.84 Å². The van der Waals surface area contributed by atoms with E-state index in [-0.39, 0.29) is 5.91 Å². The molecule has 1 heterocycles. The number of benzene rings is 1. The molecular weight excluding hydrogens is 240 g/mol. The molecule has 4 heteroatoms. The van der Waals surface area contributed by atoms with E-state index in [4.69, 9.17) is 4.52 Å². The fourth-order valence-electron chi connectivity index (χ4n) is 1.97. The van der Waals surface area contributed by atoms with Gasteiger partial charge in [0.25, 0.3) is 5.91 Å². The molecule has 2 rings (SSSR count). The van der Waals surface area contributed by atoms with Crippen LogP contribution < -0.4 is 5.32 Å². The summed E-state index contributed by atoms with van der Waals surface area (Å²) in [5.74, 6) is 0.772. The molecule has 0 unspecified atom stereocenters. The molecule has 0 radical (unpaired) electrons. The molecule has 0 spiro atoms. The maximum atomic E-state index is 11.9. The highest BCUT2D eigenvalue weighted by atomic mass is 16.5. The third kappa shape index (κ3) is 3.22. The Bertz CT molecular complexity index is 551. The van der Waals surface area contributed by atoms with Crippen LogP contribution in [0.3, 0.4) is 0 Å². The van der Waals surface area contributed by atoms with Crippen molar-refractivity contribution in [2.24, 2.45) is 0 Å². The van der Waals surface area contributed by atoms with Gasteiger partial charge in [-0.3, -0.25) is 4.79 Å². The molecule has 1 aromatic carbocycles. The molecule has 0 aliphatic heterocycles. The largest absolute Gasteiger partial charge is 0.361 e.